The summed E-state index contributed by atoms with van der Waals surface area (Å²) < 4.78 is 69.1. The number of nitrogens with one attached hydrogen (secondary N) is 1. The number of benzene rings is 3. The number of pyridine rings is 1. The molecule has 3 heterocycles. The molecule has 2 aliphatic heterocycles. The lowest BCUT2D eigenvalue weighted by molar-refractivity contribution is -0.137. The van der Waals surface area contributed by atoms with E-state index in [1.54, 1.807) is 19.9 Å². The molecule has 7 nitrogen and oxygen atoms in total. The van der Waals surface area contributed by atoms with E-state index in [-0.39, 0.29) is 46.1 Å². The van der Waals surface area contributed by atoms with E-state index in [0.29, 0.717) is 24.8 Å². The number of carbonyl (C=O) groups is 1. The van der Waals surface area contributed by atoms with Crippen molar-refractivity contribution in [2.45, 2.75) is 69.9 Å². The average Bonchev–Trinajstić information content (AvgIpc) is 3.89. The van der Waals surface area contributed by atoms with Gasteiger partial charge < -0.3 is 14.8 Å². The smallest absolute Gasteiger partial charge is 0.416 e. The maximum Gasteiger partial charge on any atom is 0.416 e. The van der Waals surface area contributed by atoms with Crippen molar-refractivity contribution in [2.24, 2.45) is 0 Å². The Kier molecular flexibility index (Phi) is 9.58. The van der Waals surface area contributed by atoms with Gasteiger partial charge in [0.1, 0.15) is 0 Å². The Morgan fingerprint density at radius 2 is 1.72 bits per heavy atom. The summed E-state index contributed by atoms with van der Waals surface area (Å²) in [6.07, 6.45) is -1.64. The summed E-state index contributed by atoms with van der Waals surface area (Å²) in [6.45, 7) is 8.47. The third-order valence-corrected chi connectivity index (χ3v) is 10.1. The molecule has 3 fully saturated rings. The molecule has 3 aromatic carbocycles. The van der Waals surface area contributed by atoms with Crippen LogP contribution < -0.4 is 10.1 Å². The Bertz CT molecular complexity index is 1850. The molecule has 0 bridgehead atoms. The number of likely N-dealkylation sites (tertiary alicyclic amines) is 1. The number of ether oxygens (including phenoxy) is 2. The van der Waals surface area contributed by atoms with Gasteiger partial charge in [-0.2, -0.15) is 13.2 Å². The van der Waals surface area contributed by atoms with Gasteiger partial charge in [0.15, 0.2) is 11.6 Å². The minimum absolute atomic E-state index is 0.0396. The Labute approximate surface area is 289 Å². The zero-order valence-corrected chi connectivity index (χ0v) is 28.4. The van der Waals surface area contributed by atoms with Crippen LogP contribution in [0, 0.1) is 5.82 Å². The monoisotopic (exact) mass is 690 g/mol. The molecule has 1 amide bonds. The number of fused-ring (bicyclic) bond motifs is 1. The molecule has 50 heavy (non-hydrogen) atoms. The second-order valence-electron chi connectivity index (χ2n) is 13.9. The molecule has 4 aromatic rings. The fourth-order valence-corrected chi connectivity index (χ4v) is 7.40. The lowest BCUT2D eigenvalue weighted by Crippen LogP contribution is -2.48. The molecular weight excluding hydrogens is 648 g/mol. The quantitative estimate of drug-likeness (QED) is 0.183. The molecule has 7 rings (SSSR count). The molecule has 11 heteroatoms. The highest BCUT2D eigenvalue weighted by Crippen LogP contribution is 2.46. The van der Waals surface area contributed by atoms with E-state index in [0.717, 1.165) is 69.6 Å². The molecule has 3 aliphatic rings. The lowest BCUT2D eigenvalue weighted by Gasteiger charge is -2.40. The highest BCUT2D eigenvalue weighted by atomic mass is 19.4. The first-order chi connectivity index (χ1) is 24.0. The predicted molar refractivity (Wildman–Crippen MR) is 183 cm³/mol. The van der Waals surface area contributed by atoms with Crippen molar-refractivity contribution >= 4 is 16.8 Å². The van der Waals surface area contributed by atoms with E-state index in [2.05, 4.69) is 15.1 Å². The first-order valence-electron chi connectivity index (χ1n) is 17.4. The topological polar surface area (TPSA) is 66.9 Å². The molecule has 0 unspecified atom stereocenters. The number of nitrogens with zero attached hydrogens (tertiary/aromatic N) is 3. The molecular formula is C39H42F4N4O3. The third kappa shape index (κ3) is 7.22. The van der Waals surface area contributed by atoms with Crippen molar-refractivity contribution in [1.82, 2.24) is 20.1 Å². The van der Waals surface area contributed by atoms with E-state index >= 15 is 4.39 Å². The summed E-state index contributed by atoms with van der Waals surface area (Å²) in [6, 6.07) is 17.9. The second kappa shape index (κ2) is 13.9. The van der Waals surface area contributed by atoms with Gasteiger partial charge >= 0.3 is 6.18 Å². The number of carbonyl (C=O) groups excluding carboxylic acids is 1. The molecule has 264 valence electrons. The number of amides is 1. The van der Waals surface area contributed by atoms with E-state index in [4.69, 9.17) is 14.5 Å². The summed E-state index contributed by atoms with van der Waals surface area (Å²) >= 11 is 0. The van der Waals surface area contributed by atoms with Gasteiger partial charge in [0.25, 0.3) is 5.91 Å². The molecule has 1 aromatic heterocycles. The fourth-order valence-electron chi connectivity index (χ4n) is 7.40. The summed E-state index contributed by atoms with van der Waals surface area (Å²) in [5.41, 5.74) is 1.01. The van der Waals surface area contributed by atoms with Gasteiger partial charge in [0.05, 0.1) is 47.2 Å². The third-order valence-electron chi connectivity index (χ3n) is 10.1. The Hall–Kier alpha value is -4.06. The number of morpholine rings is 1. The van der Waals surface area contributed by atoms with Gasteiger partial charge in [-0.15, -0.1) is 0 Å². The first kappa shape index (κ1) is 34.4. The molecule has 2 saturated heterocycles. The van der Waals surface area contributed by atoms with Crippen LogP contribution in [0.3, 0.4) is 0 Å². The SMILES string of the molecule is CC(C)Oc1cc2nc(-c3cccc(C(F)(F)F)c3)c(CN3CCC(N4CCOCC4)CC3)c(C(=O)NC3(c4ccccc4)CC3)c2cc1F. The maximum atomic E-state index is 15.7. The van der Waals surface area contributed by atoms with Crippen LogP contribution in [-0.4, -0.2) is 72.2 Å². The van der Waals surface area contributed by atoms with E-state index in [1.165, 1.54) is 18.2 Å². The van der Waals surface area contributed by atoms with Crippen molar-refractivity contribution in [3.63, 3.8) is 0 Å². The number of alkyl halides is 3. The number of halogens is 4. The van der Waals surface area contributed by atoms with Gasteiger partial charge in [-0.25, -0.2) is 9.37 Å². The lowest BCUT2D eigenvalue weighted by atomic mass is 9.93. The number of piperidine rings is 1. The van der Waals surface area contributed by atoms with Gasteiger partial charge in [-0.3, -0.25) is 14.6 Å². The van der Waals surface area contributed by atoms with Crippen LogP contribution >= 0.6 is 0 Å². The summed E-state index contributed by atoms with van der Waals surface area (Å²) in [5, 5.41) is 3.55. The largest absolute Gasteiger partial charge is 0.488 e. The van der Waals surface area contributed by atoms with Crippen LogP contribution in [0.5, 0.6) is 5.75 Å². The molecule has 0 spiro atoms. The molecule has 1 saturated carbocycles. The summed E-state index contributed by atoms with van der Waals surface area (Å²) in [5.74, 6) is -1.10. The Balaban J connectivity index is 1.36. The van der Waals surface area contributed by atoms with E-state index in [9.17, 15) is 18.0 Å². The normalized spacial score (nSPS) is 18.8. The Morgan fingerprint density at radius 3 is 2.38 bits per heavy atom. The maximum absolute atomic E-state index is 15.7. The van der Waals surface area contributed by atoms with Crippen molar-refractivity contribution < 1.29 is 31.8 Å². The minimum Gasteiger partial charge on any atom is -0.488 e. The predicted octanol–water partition coefficient (Wildman–Crippen LogP) is 7.56. The highest BCUT2D eigenvalue weighted by molar-refractivity contribution is 6.09. The summed E-state index contributed by atoms with van der Waals surface area (Å²) in [7, 11) is 0. The van der Waals surface area contributed by atoms with Gasteiger partial charge in [-0.05, 0) is 76.4 Å². The van der Waals surface area contributed by atoms with Crippen LogP contribution in [-0.2, 0) is 23.0 Å². The fraction of sp³-hybridized carbons (Fsp3) is 0.436. The second-order valence-corrected chi connectivity index (χ2v) is 13.9. The van der Waals surface area contributed by atoms with Gasteiger partial charge in [0, 0.05) is 48.3 Å². The van der Waals surface area contributed by atoms with Crippen LogP contribution in [0.2, 0.25) is 0 Å². The minimum atomic E-state index is -4.58. The van der Waals surface area contributed by atoms with Crippen LogP contribution in [0.1, 0.15) is 66.6 Å². The number of aromatic nitrogens is 1. The first-order valence-corrected chi connectivity index (χ1v) is 17.4. The van der Waals surface area contributed by atoms with E-state index < -0.39 is 29.0 Å². The van der Waals surface area contributed by atoms with Crippen molar-refractivity contribution in [1.29, 1.82) is 0 Å². The van der Waals surface area contributed by atoms with Crippen molar-refractivity contribution in [3.05, 3.63) is 94.8 Å². The average molecular weight is 691 g/mol. The summed E-state index contributed by atoms with van der Waals surface area (Å²) in [4.78, 5) is 24.3. The van der Waals surface area contributed by atoms with Crippen LogP contribution in [0.25, 0.3) is 22.2 Å². The molecule has 1 N–H and O–H groups in total. The zero-order valence-electron chi connectivity index (χ0n) is 28.4. The highest BCUT2D eigenvalue weighted by Gasteiger charge is 2.46. The van der Waals surface area contributed by atoms with E-state index in [1.807, 2.05) is 30.3 Å². The number of rotatable bonds is 9. The molecule has 0 atom stereocenters. The van der Waals surface area contributed by atoms with Crippen LogP contribution in [0.15, 0.2) is 66.7 Å². The van der Waals surface area contributed by atoms with Gasteiger partial charge in [0.2, 0.25) is 0 Å². The number of hydrogen-bond acceptors (Lipinski definition) is 6. The van der Waals surface area contributed by atoms with Crippen LogP contribution in [0.4, 0.5) is 17.6 Å². The standard InChI is InChI=1S/C39H42F4N4O3/c1-25(2)50-34-23-33-30(22-32(34)40)35(37(48)45-38(13-14-38)27-8-4-3-5-9-27)31(36(44-33)26-7-6-10-28(21-26)39(41,42)43)24-46-15-11-29(12-16-46)47-17-19-49-20-18-47/h3-10,21-23,25,29H,11-20,24H2,1-2H3,(H,45,48). The number of hydrogen-bond donors (Lipinski definition) is 1. The zero-order chi connectivity index (χ0) is 35.0. The molecule has 0 radical (unpaired) electrons. The Morgan fingerprint density at radius 1 is 1.00 bits per heavy atom. The van der Waals surface area contributed by atoms with Crippen molar-refractivity contribution in [3.8, 4) is 17.0 Å². The van der Waals surface area contributed by atoms with Gasteiger partial charge in [-0.1, -0.05) is 42.5 Å². The van der Waals surface area contributed by atoms with Crippen molar-refractivity contribution in [2.75, 3.05) is 39.4 Å². The molecule has 1 aliphatic carbocycles.